The van der Waals surface area contributed by atoms with Gasteiger partial charge in [-0.15, -0.1) is 0 Å². The minimum atomic E-state index is -0.503. The van der Waals surface area contributed by atoms with E-state index in [1.807, 2.05) is 0 Å². The monoisotopic (exact) mass is 980 g/mol. The zero-order valence-corrected chi connectivity index (χ0v) is 42.5. The van der Waals surface area contributed by atoms with Crippen LogP contribution in [0.1, 0.15) is 47.2 Å². The van der Waals surface area contributed by atoms with Crippen molar-refractivity contribution in [2.45, 2.75) is 24.7 Å². The molecule has 4 heteroatoms. The molecule has 0 bridgehead atoms. The Labute approximate surface area is 447 Å². The summed E-state index contributed by atoms with van der Waals surface area (Å²) in [6.45, 7) is 4.66. The molecule has 0 unspecified atom stereocenters. The van der Waals surface area contributed by atoms with Gasteiger partial charge in [0, 0.05) is 38.6 Å². The smallest absolute Gasteiger partial charge is 0.164 e. The lowest BCUT2D eigenvalue weighted by molar-refractivity contribution is 0.660. The summed E-state index contributed by atoms with van der Waals surface area (Å²) < 4.78 is 2.41. The Morgan fingerprint density at radius 3 is 1.40 bits per heavy atom. The summed E-state index contributed by atoms with van der Waals surface area (Å²) in [7, 11) is 0. The number of fused-ring (bicyclic) bond motifs is 16. The molecule has 0 N–H and O–H groups in total. The predicted octanol–water partition coefficient (Wildman–Crippen LogP) is 18.0. The fourth-order valence-corrected chi connectivity index (χ4v) is 13.8. The third-order valence-electron chi connectivity index (χ3n) is 17.1. The van der Waals surface area contributed by atoms with Gasteiger partial charge in [0.25, 0.3) is 0 Å². The Balaban J connectivity index is 0.912. The molecule has 13 aromatic rings. The molecule has 77 heavy (non-hydrogen) atoms. The number of benzene rings is 11. The number of rotatable bonds is 6. The van der Waals surface area contributed by atoms with Crippen molar-refractivity contribution in [2.75, 3.05) is 0 Å². The van der Waals surface area contributed by atoms with Crippen LogP contribution in [0.5, 0.6) is 0 Å². The SMILES string of the molecule is CC1(C)c2ccccc2-c2c(-c3nc(-c4ccc(-n5c6ccc(-c7ccccc7)cc6c6c(-c7ccccc7)cccc65)cc4)nc(-c4cccc5c4-c4ccccc4C54c5ccccc5-c5ccccc54)n3)cccc21. The maximum atomic E-state index is 5.61. The first-order valence-electron chi connectivity index (χ1n) is 26.7. The Hall–Kier alpha value is -9.77. The van der Waals surface area contributed by atoms with Gasteiger partial charge in [-0.1, -0.05) is 226 Å². The molecule has 0 saturated heterocycles. The van der Waals surface area contributed by atoms with Crippen molar-refractivity contribution in [1.29, 1.82) is 0 Å². The minimum Gasteiger partial charge on any atom is -0.309 e. The van der Waals surface area contributed by atoms with Crippen LogP contribution < -0.4 is 0 Å². The van der Waals surface area contributed by atoms with E-state index in [9.17, 15) is 0 Å². The topological polar surface area (TPSA) is 43.6 Å². The molecular weight excluding hydrogens is 933 g/mol. The van der Waals surface area contributed by atoms with Gasteiger partial charge in [-0.3, -0.25) is 0 Å². The first-order valence-corrected chi connectivity index (χ1v) is 26.7. The van der Waals surface area contributed by atoms with Crippen molar-refractivity contribution in [3.63, 3.8) is 0 Å². The van der Waals surface area contributed by atoms with Crippen LogP contribution in [0, 0.1) is 0 Å². The van der Waals surface area contributed by atoms with E-state index in [4.69, 9.17) is 15.0 Å². The number of hydrogen-bond donors (Lipinski definition) is 0. The van der Waals surface area contributed by atoms with E-state index in [0.29, 0.717) is 17.5 Å². The Kier molecular flexibility index (Phi) is 9.27. The molecule has 360 valence electrons. The predicted molar refractivity (Wildman–Crippen MR) is 315 cm³/mol. The number of hydrogen-bond acceptors (Lipinski definition) is 3. The summed E-state index contributed by atoms with van der Waals surface area (Å²) in [5.41, 5.74) is 25.4. The zero-order chi connectivity index (χ0) is 51.0. The Bertz CT molecular complexity index is 4540. The van der Waals surface area contributed by atoms with Crippen LogP contribution in [-0.4, -0.2) is 19.5 Å². The minimum absolute atomic E-state index is 0.194. The van der Waals surface area contributed by atoms with E-state index in [2.05, 4.69) is 273 Å². The molecule has 2 heterocycles. The molecule has 3 aliphatic rings. The van der Waals surface area contributed by atoms with E-state index >= 15 is 0 Å². The highest BCUT2D eigenvalue weighted by atomic mass is 15.0. The van der Waals surface area contributed by atoms with Crippen LogP contribution in [0.3, 0.4) is 0 Å². The van der Waals surface area contributed by atoms with E-state index in [1.165, 1.54) is 94.2 Å². The van der Waals surface area contributed by atoms with E-state index in [0.717, 1.165) is 39.0 Å². The lowest BCUT2D eigenvalue weighted by Gasteiger charge is -2.30. The van der Waals surface area contributed by atoms with Crippen molar-refractivity contribution in [2.24, 2.45) is 0 Å². The van der Waals surface area contributed by atoms with Crippen molar-refractivity contribution >= 4 is 21.8 Å². The molecule has 0 atom stereocenters. The molecule has 4 nitrogen and oxygen atoms in total. The Morgan fingerprint density at radius 2 is 0.753 bits per heavy atom. The fraction of sp³-hybridized carbons (Fsp3) is 0.0548. The highest BCUT2D eigenvalue weighted by Crippen LogP contribution is 2.64. The molecule has 1 spiro atoms. The van der Waals surface area contributed by atoms with Gasteiger partial charge < -0.3 is 4.57 Å². The third kappa shape index (κ3) is 6.12. The summed E-state index contributed by atoms with van der Waals surface area (Å²) in [4.78, 5) is 16.7. The summed E-state index contributed by atoms with van der Waals surface area (Å²) in [6.07, 6.45) is 0. The van der Waals surface area contributed by atoms with Crippen molar-refractivity contribution < 1.29 is 0 Å². The average molecular weight is 981 g/mol. The van der Waals surface area contributed by atoms with Crippen LogP contribution in [0.15, 0.2) is 255 Å². The second kappa shape index (κ2) is 16.4. The van der Waals surface area contributed by atoms with Gasteiger partial charge in [0.2, 0.25) is 0 Å². The number of nitrogens with zero attached hydrogens (tertiary/aromatic N) is 4. The lowest BCUT2D eigenvalue weighted by Crippen LogP contribution is -2.25. The normalized spacial score (nSPS) is 13.8. The van der Waals surface area contributed by atoms with Crippen LogP contribution >= 0.6 is 0 Å². The van der Waals surface area contributed by atoms with Crippen molar-refractivity contribution in [3.05, 3.63) is 288 Å². The molecule has 0 radical (unpaired) electrons. The molecule has 0 amide bonds. The third-order valence-corrected chi connectivity index (χ3v) is 17.1. The lowest BCUT2D eigenvalue weighted by atomic mass is 9.70. The van der Waals surface area contributed by atoms with Gasteiger partial charge in [-0.05, 0) is 131 Å². The van der Waals surface area contributed by atoms with Gasteiger partial charge in [-0.25, -0.2) is 15.0 Å². The molecule has 0 fully saturated rings. The van der Waals surface area contributed by atoms with Gasteiger partial charge in [0.1, 0.15) is 0 Å². The molecule has 11 aromatic carbocycles. The maximum absolute atomic E-state index is 5.61. The van der Waals surface area contributed by atoms with Gasteiger partial charge in [-0.2, -0.15) is 0 Å². The quantitative estimate of drug-likeness (QED) is 0.167. The van der Waals surface area contributed by atoms with Crippen molar-refractivity contribution in [1.82, 2.24) is 19.5 Å². The van der Waals surface area contributed by atoms with Gasteiger partial charge in [0.15, 0.2) is 17.5 Å². The standard InChI is InChI=1S/C73H48N4/c1-72(2)58-31-13-11-26-53(58)66-55(29-17-35-62(66)72)70-74-69(75-71(76-70)56-30-18-36-63-67(56)54-27-12-16-34-61(54)73(63)59-32-14-9-24-51(59)52-25-10-15-33-60(52)73)47-38-41-49(42-39-47)77-64-43-40-48(45-20-5-3-6-21-45)44-57(64)68-50(28-19-37-65(68)77)46-22-7-4-8-23-46/h3-44H,1-2H3. The first-order chi connectivity index (χ1) is 38.0. The number of aromatic nitrogens is 4. The summed E-state index contributed by atoms with van der Waals surface area (Å²) in [5.74, 6) is 1.92. The first kappa shape index (κ1) is 43.6. The molecule has 0 aliphatic heterocycles. The van der Waals surface area contributed by atoms with Crippen LogP contribution in [0.2, 0.25) is 0 Å². The second-order valence-corrected chi connectivity index (χ2v) is 21.4. The van der Waals surface area contributed by atoms with Crippen LogP contribution in [-0.2, 0) is 10.8 Å². The van der Waals surface area contributed by atoms with Crippen molar-refractivity contribution in [3.8, 4) is 95.5 Å². The molecule has 3 aliphatic carbocycles. The summed E-state index contributed by atoms with van der Waals surface area (Å²) in [6, 6.07) is 93.0. The highest BCUT2D eigenvalue weighted by Gasteiger charge is 2.52. The van der Waals surface area contributed by atoms with Crippen LogP contribution in [0.25, 0.3) is 117 Å². The van der Waals surface area contributed by atoms with Gasteiger partial charge in [0.05, 0.1) is 16.4 Å². The summed E-state index contributed by atoms with van der Waals surface area (Å²) in [5, 5.41) is 2.44. The largest absolute Gasteiger partial charge is 0.309 e. The Morgan fingerprint density at radius 1 is 0.299 bits per heavy atom. The zero-order valence-electron chi connectivity index (χ0n) is 42.5. The fourth-order valence-electron chi connectivity index (χ4n) is 13.8. The average Bonchev–Trinajstić information content (AvgIpc) is 4.34. The molecular formula is C73H48N4. The summed E-state index contributed by atoms with van der Waals surface area (Å²) >= 11 is 0. The van der Waals surface area contributed by atoms with Gasteiger partial charge >= 0.3 is 0 Å². The van der Waals surface area contributed by atoms with Crippen LogP contribution in [0.4, 0.5) is 0 Å². The van der Waals surface area contributed by atoms with E-state index < -0.39 is 5.41 Å². The maximum Gasteiger partial charge on any atom is 0.164 e. The second-order valence-electron chi connectivity index (χ2n) is 21.4. The molecule has 0 saturated carbocycles. The highest BCUT2D eigenvalue weighted by molar-refractivity contribution is 6.16. The van der Waals surface area contributed by atoms with E-state index in [-0.39, 0.29) is 5.41 Å². The molecule has 2 aromatic heterocycles. The molecule has 16 rings (SSSR count). The van der Waals surface area contributed by atoms with E-state index in [1.54, 1.807) is 0 Å².